The first-order valence-corrected chi connectivity index (χ1v) is 12.0. The number of aliphatic imine (C=N–C) groups is 1. The molecule has 0 amide bonds. The minimum Gasteiger partial charge on any atom is -0.468 e. The van der Waals surface area contributed by atoms with Gasteiger partial charge in [-0.3, -0.25) is 9.89 Å². The van der Waals surface area contributed by atoms with Crippen LogP contribution >= 0.6 is 0 Å². The van der Waals surface area contributed by atoms with Gasteiger partial charge < -0.3 is 15.1 Å². The Morgan fingerprint density at radius 2 is 1.90 bits per heavy atom. The van der Waals surface area contributed by atoms with Crippen LogP contribution in [0.5, 0.6) is 0 Å². The number of hydrogen-bond acceptors (Lipinski definition) is 5. The molecular formula is C21H31N5O3S. The van der Waals surface area contributed by atoms with E-state index in [0.29, 0.717) is 12.5 Å². The zero-order valence-electron chi connectivity index (χ0n) is 17.4. The SMILES string of the molecule is CN=C(NCCS(=O)(=O)NCc1ccccc1)NCC(c1ccco1)N1CCCC1. The topological polar surface area (TPSA) is 99.0 Å². The number of benzene rings is 1. The van der Waals surface area contributed by atoms with Crippen molar-refractivity contribution in [2.45, 2.75) is 25.4 Å². The number of rotatable bonds is 10. The van der Waals surface area contributed by atoms with E-state index in [0.717, 1.165) is 24.4 Å². The van der Waals surface area contributed by atoms with Crippen molar-refractivity contribution in [2.24, 2.45) is 4.99 Å². The molecule has 1 atom stereocenters. The Bertz CT molecular complexity index is 879. The molecule has 30 heavy (non-hydrogen) atoms. The minimum atomic E-state index is -3.38. The Morgan fingerprint density at radius 3 is 2.57 bits per heavy atom. The molecule has 1 aliphatic heterocycles. The van der Waals surface area contributed by atoms with E-state index >= 15 is 0 Å². The van der Waals surface area contributed by atoms with Crippen LogP contribution < -0.4 is 15.4 Å². The molecule has 3 rings (SSSR count). The molecule has 1 unspecified atom stereocenters. The summed E-state index contributed by atoms with van der Waals surface area (Å²) in [5.41, 5.74) is 0.928. The summed E-state index contributed by atoms with van der Waals surface area (Å²) in [4.78, 5) is 6.61. The summed E-state index contributed by atoms with van der Waals surface area (Å²) in [6, 6.07) is 13.5. The molecule has 3 N–H and O–H groups in total. The van der Waals surface area contributed by atoms with Crippen LogP contribution in [-0.2, 0) is 16.6 Å². The van der Waals surface area contributed by atoms with E-state index in [2.05, 4.69) is 25.2 Å². The Labute approximate surface area is 178 Å². The maximum Gasteiger partial charge on any atom is 0.213 e. The number of likely N-dealkylation sites (tertiary alicyclic amines) is 1. The Morgan fingerprint density at radius 1 is 1.13 bits per heavy atom. The highest BCUT2D eigenvalue weighted by Crippen LogP contribution is 2.24. The summed E-state index contributed by atoms with van der Waals surface area (Å²) in [6.45, 7) is 3.27. The van der Waals surface area contributed by atoms with Gasteiger partial charge >= 0.3 is 0 Å². The summed E-state index contributed by atoms with van der Waals surface area (Å²) in [6.07, 6.45) is 4.08. The lowest BCUT2D eigenvalue weighted by molar-refractivity contribution is 0.215. The molecule has 2 aromatic rings. The number of nitrogens with zero attached hydrogens (tertiary/aromatic N) is 2. The average molecular weight is 434 g/mol. The molecule has 1 aliphatic rings. The van der Waals surface area contributed by atoms with E-state index < -0.39 is 10.0 Å². The molecule has 164 valence electrons. The van der Waals surface area contributed by atoms with Gasteiger partial charge in [-0.25, -0.2) is 13.1 Å². The van der Waals surface area contributed by atoms with Gasteiger partial charge in [0.2, 0.25) is 10.0 Å². The fraction of sp³-hybridized carbons (Fsp3) is 0.476. The third kappa shape index (κ3) is 6.86. The van der Waals surface area contributed by atoms with Gasteiger partial charge in [0.15, 0.2) is 5.96 Å². The van der Waals surface area contributed by atoms with E-state index in [9.17, 15) is 8.42 Å². The van der Waals surface area contributed by atoms with Crippen molar-refractivity contribution in [1.82, 2.24) is 20.3 Å². The van der Waals surface area contributed by atoms with Crippen LogP contribution in [0.4, 0.5) is 0 Å². The standard InChI is InChI=1S/C21H31N5O3S/c1-22-21(23-11-15-30(27,28)25-16-18-8-3-2-4-9-18)24-17-19(20-10-7-14-29-20)26-12-5-6-13-26/h2-4,7-10,14,19,25H,5-6,11-13,15-17H2,1H3,(H2,22,23,24). The minimum absolute atomic E-state index is 0.0335. The van der Waals surface area contributed by atoms with Gasteiger partial charge in [-0.1, -0.05) is 30.3 Å². The molecule has 8 nitrogen and oxygen atoms in total. The highest BCUT2D eigenvalue weighted by atomic mass is 32.2. The summed E-state index contributed by atoms with van der Waals surface area (Å²) < 4.78 is 32.7. The van der Waals surface area contributed by atoms with Gasteiger partial charge in [0.25, 0.3) is 0 Å². The number of hydrogen-bond donors (Lipinski definition) is 3. The predicted octanol–water partition coefficient (Wildman–Crippen LogP) is 1.70. The van der Waals surface area contributed by atoms with Crippen molar-refractivity contribution in [3.8, 4) is 0 Å². The summed E-state index contributed by atoms with van der Waals surface area (Å²) in [5.74, 6) is 1.46. The van der Waals surface area contributed by atoms with E-state index in [1.807, 2.05) is 42.5 Å². The Hall–Kier alpha value is -2.36. The summed E-state index contributed by atoms with van der Waals surface area (Å²) in [5, 5.41) is 6.39. The summed E-state index contributed by atoms with van der Waals surface area (Å²) in [7, 11) is -1.71. The van der Waals surface area contributed by atoms with Gasteiger partial charge in [-0.05, 0) is 43.6 Å². The van der Waals surface area contributed by atoms with Crippen LogP contribution in [0.15, 0.2) is 58.1 Å². The average Bonchev–Trinajstić information content (AvgIpc) is 3.47. The second kappa shape index (κ2) is 11.1. The van der Waals surface area contributed by atoms with Crippen LogP contribution in [0.25, 0.3) is 0 Å². The van der Waals surface area contributed by atoms with Crippen molar-refractivity contribution in [3.63, 3.8) is 0 Å². The highest BCUT2D eigenvalue weighted by molar-refractivity contribution is 7.89. The van der Waals surface area contributed by atoms with Crippen molar-refractivity contribution in [2.75, 3.05) is 39.0 Å². The van der Waals surface area contributed by atoms with E-state index in [1.165, 1.54) is 12.8 Å². The van der Waals surface area contributed by atoms with Crippen molar-refractivity contribution in [3.05, 3.63) is 60.1 Å². The molecule has 2 heterocycles. The monoisotopic (exact) mass is 433 g/mol. The molecule has 1 aromatic heterocycles. The van der Waals surface area contributed by atoms with Crippen molar-refractivity contribution >= 4 is 16.0 Å². The number of nitrogens with one attached hydrogen (secondary N) is 3. The second-order valence-corrected chi connectivity index (χ2v) is 9.21. The van der Waals surface area contributed by atoms with Crippen LogP contribution in [-0.4, -0.2) is 58.3 Å². The third-order valence-electron chi connectivity index (χ3n) is 5.14. The lowest BCUT2D eigenvalue weighted by atomic mass is 10.2. The lowest BCUT2D eigenvalue weighted by Gasteiger charge is -2.26. The molecule has 0 spiro atoms. The molecule has 0 radical (unpaired) electrons. The van der Waals surface area contributed by atoms with E-state index in [4.69, 9.17) is 4.42 Å². The lowest BCUT2D eigenvalue weighted by Crippen LogP contribution is -2.44. The smallest absolute Gasteiger partial charge is 0.213 e. The van der Waals surface area contributed by atoms with Gasteiger partial charge in [0, 0.05) is 26.7 Å². The zero-order valence-corrected chi connectivity index (χ0v) is 18.2. The van der Waals surface area contributed by atoms with Crippen molar-refractivity contribution in [1.29, 1.82) is 0 Å². The Kier molecular flexibility index (Phi) is 8.30. The van der Waals surface area contributed by atoms with Gasteiger partial charge in [-0.15, -0.1) is 0 Å². The molecule has 1 fully saturated rings. The predicted molar refractivity (Wildman–Crippen MR) is 119 cm³/mol. The quantitative estimate of drug-likeness (QED) is 0.390. The van der Waals surface area contributed by atoms with E-state index in [1.54, 1.807) is 13.3 Å². The van der Waals surface area contributed by atoms with Crippen molar-refractivity contribution < 1.29 is 12.8 Å². The second-order valence-electron chi connectivity index (χ2n) is 7.28. The first-order valence-electron chi connectivity index (χ1n) is 10.3. The maximum absolute atomic E-state index is 12.2. The normalized spacial score (nSPS) is 16.5. The first-order chi connectivity index (χ1) is 14.6. The highest BCUT2D eigenvalue weighted by Gasteiger charge is 2.25. The van der Waals surface area contributed by atoms with Crippen LogP contribution in [0.2, 0.25) is 0 Å². The molecule has 1 aromatic carbocycles. The number of furan rings is 1. The molecule has 0 bridgehead atoms. The van der Waals surface area contributed by atoms with E-state index in [-0.39, 0.29) is 24.9 Å². The zero-order chi connectivity index (χ0) is 21.2. The first kappa shape index (κ1) is 22.3. The van der Waals surface area contributed by atoms with Gasteiger partial charge in [-0.2, -0.15) is 0 Å². The Balaban J connectivity index is 1.44. The molecule has 9 heteroatoms. The molecule has 0 saturated carbocycles. The fourth-order valence-electron chi connectivity index (χ4n) is 3.52. The number of guanidine groups is 1. The van der Waals surface area contributed by atoms with Crippen LogP contribution in [0, 0.1) is 0 Å². The van der Waals surface area contributed by atoms with Crippen LogP contribution in [0.1, 0.15) is 30.2 Å². The molecule has 1 saturated heterocycles. The molecule has 0 aliphatic carbocycles. The van der Waals surface area contributed by atoms with Gasteiger partial charge in [0.05, 0.1) is 18.1 Å². The van der Waals surface area contributed by atoms with Gasteiger partial charge in [0.1, 0.15) is 5.76 Å². The molecular weight excluding hydrogens is 402 g/mol. The largest absolute Gasteiger partial charge is 0.468 e. The summed E-state index contributed by atoms with van der Waals surface area (Å²) >= 11 is 0. The maximum atomic E-state index is 12.2. The van der Waals surface area contributed by atoms with Crippen LogP contribution in [0.3, 0.4) is 0 Å². The third-order valence-corrected chi connectivity index (χ3v) is 6.47. The fourth-order valence-corrected chi connectivity index (χ4v) is 4.42. The number of sulfonamides is 1.